The molecule has 1 saturated carbocycles. The third-order valence-electron chi connectivity index (χ3n) is 8.24. The van der Waals surface area contributed by atoms with Gasteiger partial charge in [0.1, 0.15) is 28.1 Å². The zero-order valence-corrected chi connectivity index (χ0v) is 24.9. The number of carbonyl (C=O) groups excluding carboxylic acids is 4. The highest BCUT2D eigenvalue weighted by Crippen LogP contribution is 2.48. The van der Waals surface area contributed by atoms with Gasteiger partial charge in [-0.05, 0) is 56.7 Å². The highest BCUT2D eigenvalue weighted by molar-refractivity contribution is 7.18. The number of hydrogen-bond donors (Lipinski definition) is 3. The van der Waals surface area contributed by atoms with Crippen LogP contribution in [0.2, 0.25) is 0 Å². The van der Waals surface area contributed by atoms with Gasteiger partial charge >= 0.3 is 6.03 Å². The number of anilines is 1. The van der Waals surface area contributed by atoms with Crippen molar-refractivity contribution in [2.24, 2.45) is 5.92 Å². The van der Waals surface area contributed by atoms with E-state index in [0.29, 0.717) is 28.6 Å². The number of halogens is 1. The van der Waals surface area contributed by atoms with Crippen molar-refractivity contribution in [3.05, 3.63) is 46.2 Å². The lowest BCUT2D eigenvalue weighted by atomic mass is 9.97. The molecule has 0 radical (unpaired) electrons. The Balaban J connectivity index is 1.22. The van der Waals surface area contributed by atoms with Crippen LogP contribution in [-0.4, -0.2) is 53.4 Å². The van der Waals surface area contributed by atoms with Crippen molar-refractivity contribution in [1.82, 2.24) is 20.5 Å². The van der Waals surface area contributed by atoms with E-state index in [1.807, 2.05) is 19.9 Å². The van der Waals surface area contributed by atoms with Gasteiger partial charge in [0.2, 0.25) is 11.8 Å². The maximum atomic E-state index is 15.7. The lowest BCUT2D eigenvalue weighted by Gasteiger charge is -2.29. The normalized spacial score (nSPS) is 19.6. The monoisotopic (exact) mass is 609 g/mol. The van der Waals surface area contributed by atoms with Crippen molar-refractivity contribution < 1.29 is 33.0 Å². The molecule has 226 valence electrons. The van der Waals surface area contributed by atoms with E-state index >= 15 is 4.39 Å². The van der Waals surface area contributed by atoms with Gasteiger partial charge in [-0.2, -0.15) is 0 Å². The minimum Gasteiger partial charge on any atom is -0.497 e. The van der Waals surface area contributed by atoms with Crippen LogP contribution in [0.15, 0.2) is 24.3 Å². The molecule has 13 heteroatoms. The minimum absolute atomic E-state index is 0.0865. The van der Waals surface area contributed by atoms with Gasteiger partial charge in [-0.25, -0.2) is 14.2 Å². The summed E-state index contributed by atoms with van der Waals surface area (Å²) in [6.45, 7) is 4.33. The standard InChI is InChI=1S/C30H32FN5O6S/c1-4-11-42-21-12-16(41-3)13-22-25(21)34-28(43-22)30(2,15-5-6-15)35-29(40)32-19-8-7-17-18(24(19)31)14-36(27(17)39)20-9-10-23(37)33-26(20)38/h7-8,12-13,15,20H,4-6,9-11,14H2,1-3H3,(H2,32,35,40)(H,33,37,38). The molecule has 2 aromatic carbocycles. The van der Waals surface area contributed by atoms with Crippen LogP contribution < -0.4 is 25.4 Å². The summed E-state index contributed by atoms with van der Waals surface area (Å²) in [5.74, 6) is -0.804. The molecular weight excluding hydrogens is 577 g/mol. The lowest BCUT2D eigenvalue weighted by Crippen LogP contribution is -2.52. The maximum absolute atomic E-state index is 15.7. The van der Waals surface area contributed by atoms with Crippen LogP contribution in [0.4, 0.5) is 14.9 Å². The van der Waals surface area contributed by atoms with Gasteiger partial charge in [0.05, 0.1) is 36.2 Å². The van der Waals surface area contributed by atoms with Crippen molar-refractivity contribution >= 4 is 51.0 Å². The second-order valence-electron chi connectivity index (χ2n) is 11.2. The summed E-state index contributed by atoms with van der Waals surface area (Å²) in [5.41, 5.74) is 0.00316. The summed E-state index contributed by atoms with van der Waals surface area (Å²) < 4.78 is 27.9. The van der Waals surface area contributed by atoms with Crippen LogP contribution in [0, 0.1) is 11.7 Å². The van der Waals surface area contributed by atoms with Crippen molar-refractivity contribution in [2.45, 2.75) is 64.1 Å². The Hall–Kier alpha value is -4.26. The molecule has 11 nitrogen and oxygen atoms in total. The maximum Gasteiger partial charge on any atom is 0.320 e. The summed E-state index contributed by atoms with van der Waals surface area (Å²) in [5, 5.41) is 8.60. The van der Waals surface area contributed by atoms with Gasteiger partial charge in [0.25, 0.3) is 5.91 Å². The van der Waals surface area contributed by atoms with E-state index in [4.69, 9.17) is 14.5 Å². The number of thiazole rings is 1. The Morgan fingerprint density at radius 3 is 2.72 bits per heavy atom. The summed E-state index contributed by atoms with van der Waals surface area (Å²) in [6.07, 6.45) is 2.91. The Morgan fingerprint density at radius 2 is 2.02 bits per heavy atom. The van der Waals surface area contributed by atoms with Gasteiger partial charge in [-0.15, -0.1) is 11.3 Å². The second-order valence-corrected chi connectivity index (χ2v) is 12.3. The molecule has 1 aromatic heterocycles. The predicted octanol–water partition coefficient (Wildman–Crippen LogP) is 4.44. The van der Waals surface area contributed by atoms with Gasteiger partial charge in [-0.3, -0.25) is 19.7 Å². The molecule has 5 amide bonds. The number of methoxy groups -OCH3 is 1. The van der Waals surface area contributed by atoms with E-state index in [1.54, 1.807) is 13.2 Å². The van der Waals surface area contributed by atoms with Crippen LogP contribution in [0.5, 0.6) is 11.5 Å². The number of benzene rings is 2. The summed E-state index contributed by atoms with van der Waals surface area (Å²) in [4.78, 5) is 56.4. The Kier molecular flexibility index (Phi) is 7.45. The molecule has 1 saturated heterocycles. The fraction of sp³-hybridized carbons (Fsp3) is 0.433. The number of hydrogen-bond acceptors (Lipinski definition) is 8. The molecule has 6 rings (SSSR count). The molecule has 0 bridgehead atoms. The number of imide groups is 1. The van der Waals surface area contributed by atoms with Crippen LogP contribution in [0.1, 0.15) is 66.9 Å². The quantitative estimate of drug-likeness (QED) is 0.305. The molecule has 3 aliphatic rings. The number of rotatable bonds is 9. The first-order chi connectivity index (χ1) is 20.6. The Labute approximate surface area is 251 Å². The first-order valence-corrected chi connectivity index (χ1v) is 15.1. The molecule has 2 unspecified atom stereocenters. The van der Waals surface area contributed by atoms with Crippen molar-refractivity contribution in [1.29, 1.82) is 0 Å². The Morgan fingerprint density at radius 1 is 1.23 bits per heavy atom. The van der Waals surface area contributed by atoms with Gasteiger partial charge in [0, 0.05) is 23.6 Å². The van der Waals surface area contributed by atoms with E-state index in [0.717, 1.165) is 24.0 Å². The fourth-order valence-electron chi connectivity index (χ4n) is 5.72. The van der Waals surface area contributed by atoms with Crippen LogP contribution >= 0.6 is 11.3 Å². The van der Waals surface area contributed by atoms with Crippen molar-refractivity contribution in [3.63, 3.8) is 0 Å². The molecule has 2 atom stereocenters. The fourth-order valence-corrected chi connectivity index (χ4v) is 6.91. The largest absolute Gasteiger partial charge is 0.497 e. The van der Waals surface area contributed by atoms with Crippen LogP contribution in [0.25, 0.3) is 10.2 Å². The first kappa shape index (κ1) is 28.8. The molecule has 2 fully saturated rings. The molecule has 1 aliphatic carbocycles. The second kappa shape index (κ2) is 11.1. The highest BCUT2D eigenvalue weighted by atomic mass is 32.1. The van der Waals surface area contributed by atoms with Gasteiger partial charge < -0.3 is 25.0 Å². The number of fused-ring (bicyclic) bond motifs is 2. The molecule has 43 heavy (non-hydrogen) atoms. The van der Waals surface area contributed by atoms with Crippen LogP contribution in [-0.2, 0) is 21.7 Å². The summed E-state index contributed by atoms with van der Waals surface area (Å²) >= 11 is 1.45. The number of carbonyl (C=O) groups is 4. The number of piperidine rings is 1. The number of ether oxygens (including phenoxy) is 2. The molecular formula is C30H32FN5O6S. The summed E-state index contributed by atoms with van der Waals surface area (Å²) in [7, 11) is 1.59. The molecule has 3 N–H and O–H groups in total. The topological polar surface area (TPSA) is 139 Å². The highest BCUT2D eigenvalue weighted by Gasteiger charge is 2.47. The average Bonchev–Trinajstić information content (AvgIpc) is 3.67. The van der Waals surface area contributed by atoms with E-state index in [-0.39, 0.29) is 42.1 Å². The molecule has 3 heterocycles. The van der Waals surface area contributed by atoms with Crippen molar-refractivity contribution in [3.8, 4) is 11.5 Å². The zero-order valence-electron chi connectivity index (χ0n) is 24.0. The number of nitrogens with zero attached hydrogens (tertiary/aromatic N) is 2. The number of nitrogens with one attached hydrogen (secondary N) is 3. The van der Waals surface area contributed by atoms with Gasteiger partial charge in [-0.1, -0.05) is 6.92 Å². The average molecular weight is 610 g/mol. The third-order valence-corrected chi connectivity index (χ3v) is 9.48. The van der Waals surface area contributed by atoms with E-state index in [9.17, 15) is 19.2 Å². The lowest BCUT2D eigenvalue weighted by molar-refractivity contribution is -0.136. The van der Waals surface area contributed by atoms with Crippen LogP contribution in [0.3, 0.4) is 0 Å². The van der Waals surface area contributed by atoms with E-state index < -0.39 is 41.2 Å². The summed E-state index contributed by atoms with van der Waals surface area (Å²) in [6, 6.07) is 5.01. The van der Waals surface area contributed by atoms with Crippen molar-refractivity contribution in [2.75, 3.05) is 19.0 Å². The minimum atomic E-state index is -0.863. The number of aromatic nitrogens is 1. The Bertz CT molecular complexity index is 1660. The predicted molar refractivity (Wildman–Crippen MR) is 157 cm³/mol. The number of urea groups is 1. The van der Waals surface area contributed by atoms with E-state index in [2.05, 4.69) is 16.0 Å². The molecule has 3 aromatic rings. The zero-order chi connectivity index (χ0) is 30.5. The molecule has 0 spiro atoms. The SMILES string of the molecule is CCCOc1cc(OC)cc2sc(C(C)(NC(=O)Nc3ccc4c(c3F)CN(C3CCC(=O)NC3=O)C4=O)C3CC3)nc12. The first-order valence-electron chi connectivity index (χ1n) is 14.3. The third kappa shape index (κ3) is 5.26. The smallest absolute Gasteiger partial charge is 0.320 e. The molecule has 2 aliphatic heterocycles. The number of amides is 5. The van der Waals surface area contributed by atoms with Gasteiger partial charge in [0.15, 0.2) is 5.82 Å². The van der Waals surface area contributed by atoms with E-state index in [1.165, 1.54) is 28.4 Å².